The second-order valence-electron chi connectivity index (χ2n) is 7.24. The number of nitrogens with zero attached hydrogens (tertiary/aromatic N) is 3. The summed E-state index contributed by atoms with van der Waals surface area (Å²) in [4.78, 5) is 12.6. The first-order valence-corrected chi connectivity index (χ1v) is 11.5. The van der Waals surface area contributed by atoms with Crippen molar-refractivity contribution in [1.29, 1.82) is 0 Å². The maximum absolute atomic E-state index is 12.6. The molecule has 1 aromatic heterocycles. The van der Waals surface area contributed by atoms with Gasteiger partial charge in [0.1, 0.15) is 9.84 Å². The lowest BCUT2D eigenvalue weighted by atomic mass is 9.98. The highest BCUT2D eigenvalue weighted by Crippen LogP contribution is 2.24. The third kappa shape index (κ3) is 5.00. The van der Waals surface area contributed by atoms with Crippen LogP contribution in [0.25, 0.3) is 10.9 Å². The van der Waals surface area contributed by atoms with Crippen molar-refractivity contribution in [1.82, 2.24) is 19.5 Å². The van der Waals surface area contributed by atoms with Crippen molar-refractivity contribution in [3.63, 3.8) is 0 Å². The Balaban J connectivity index is 1.78. The molecular weight excluding hydrogens is 388 g/mol. The summed E-state index contributed by atoms with van der Waals surface area (Å²) in [5.41, 5.74) is 2.11. The lowest BCUT2D eigenvalue weighted by Crippen LogP contribution is -2.29. The molecule has 0 saturated carbocycles. The highest BCUT2D eigenvalue weighted by atomic mass is 35.5. The predicted octanol–water partition coefficient (Wildman–Crippen LogP) is 1.98. The number of benzene rings is 1. The molecule has 0 bridgehead atoms. The third-order valence-electron chi connectivity index (χ3n) is 5.02. The molecule has 1 aliphatic rings. The molecule has 1 fully saturated rings. The molecule has 0 spiro atoms. The molecule has 7 nitrogen and oxygen atoms in total. The van der Waals surface area contributed by atoms with Crippen LogP contribution in [0.2, 0.25) is 0 Å². The predicted molar refractivity (Wildman–Crippen MR) is 107 cm³/mol. The summed E-state index contributed by atoms with van der Waals surface area (Å²) >= 11 is 6.02. The van der Waals surface area contributed by atoms with Crippen LogP contribution in [0.3, 0.4) is 0 Å². The molecule has 1 amide bonds. The number of carbonyl (C=O) groups excluding carboxylic acids is 1. The van der Waals surface area contributed by atoms with Crippen molar-refractivity contribution in [2.24, 2.45) is 5.92 Å². The van der Waals surface area contributed by atoms with Crippen LogP contribution in [0.4, 0.5) is 0 Å². The summed E-state index contributed by atoms with van der Waals surface area (Å²) in [5, 5.41) is 8.92. The van der Waals surface area contributed by atoms with E-state index in [4.69, 9.17) is 11.8 Å². The Morgan fingerprint density at radius 1 is 1.37 bits per heavy atom. The topological polar surface area (TPSA) is 84.3 Å². The third-order valence-corrected chi connectivity index (χ3v) is 6.27. The van der Waals surface area contributed by atoms with Crippen LogP contribution < -0.4 is 5.32 Å². The number of piperidine rings is 1. The van der Waals surface area contributed by atoms with Gasteiger partial charge in [-0.25, -0.2) is 12.8 Å². The molecular formula is C18H25ClN4O3S. The van der Waals surface area contributed by atoms with Crippen LogP contribution in [0.15, 0.2) is 18.3 Å². The van der Waals surface area contributed by atoms with E-state index in [1.807, 2.05) is 23.9 Å². The number of carbonyl (C=O) groups is 1. The van der Waals surface area contributed by atoms with E-state index < -0.39 is 15.7 Å². The second-order valence-corrected chi connectivity index (χ2v) is 9.90. The summed E-state index contributed by atoms with van der Waals surface area (Å²) in [6, 6.07) is 3.52. The molecule has 148 valence electrons. The number of amides is 1. The van der Waals surface area contributed by atoms with Gasteiger partial charge in [0.25, 0.3) is 5.91 Å². The first-order valence-electron chi connectivity index (χ1n) is 9.07. The average molecular weight is 413 g/mol. The highest BCUT2D eigenvalue weighted by Gasteiger charge is 2.20. The summed E-state index contributed by atoms with van der Waals surface area (Å²) in [6.45, 7) is 4.78. The van der Waals surface area contributed by atoms with Crippen molar-refractivity contribution in [2.75, 3.05) is 31.6 Å². The molecule has 27 heavy (non-hydrogen) atoms. The molecule has 0 unspecified atom stereocenters. The van der Waals surface area contributed by atoms with E-state index in [2.05, 4.69) is 10.4 Å². The van der Waals surface area contributed by atoms with Gasteiger partial charge in [-0.1, -0.05) is 0 Å². The normalized spacial score (nSPS) is 16.0. The number of nitrogens with one attached hydrogen (secondary N) is 1. The zero-order valence-electron chi connectivity index (χ0n) is 15.6. The van der Waals surface area contributed by atoms with E-state index in [1.165, 1.54) is 0 Å². The van der Waals surface area contributed by atoms with Crippen molar-refractivity contribution in [3.05, 3.63) is 29.5 Å². The Labute approximate surface area is 164 Å². The van der Waals surface area contributed by atoms with Crippen LogP contribution in [0.5, 0.6) is 0 Å². The Morgan fingerprint density at radius 3 is 2.74 bits per heavy atom. The maximum atomic E-state index is 12.6. The highest BCUT2D eigenvalue weighted by molar-refractivity contribution is 7.90. The van der Waals surface area contributed by atoms with Crippen LogP contribution >= 0.6 is 11.8 Å². The Bertz CT molecular complexity index is 935. The van der Waals surface area contributed by atoms with Crippen LogP contribution in [-0.4, -0.2) is 60.2 Å². The molecule has 2 heterocycles. The van der Waals surface area contributed by atoms with E-state index >= 15 is 0 Å². The summed E-state index contributed by atoms with van der Waals surface area (Å²) in [6.07, 6.45) is 5.38. The fourth-order valence-corrected chi connectivity index (χ4v) is 4.20. The van der Waals surface area contributed by atoms with Gasteiger partial charge >= 0.3 is 0 Å². The molecule has 0 atom stereocenters. The lowest BCUT2D eigenvalue weighted by Gasteiger charge is -2.22. The monoisotopic (exact) mass is 412 g/mol. The van der Waals surface area contributed by atoms with Gasteiger partial charge in [0.05, 0.1) is 17.8 Å². The zero-order chi connectivity index (χ0) is 19.6. The molecule has 0 aliphatic carbocycles. The van der Waals surface area contributed by atoms with Gasteiger partial charge < -0.3 is 5.32 Å². The summed E-state index contributed by atoms with van der Waals surface area (Å²) in [5.74, 6) is 0.0414. The first kappa shape index (κ1) is 20.1. The summed E-state index contributed by atoms with van der Waals surface area (Å²) < 4.78 is 25.5. The number of halogens is 1. The minimum absolute atomic E-state index is 0.0499. The maximum Gasteiger partial charge on any atom is 0.268 e. The van der Waals surface area contributed by atoms with E-state index in [-0.39, 0.29) is 12.3 Å². The number of hydrogen-bond acceptors (Lipinski definition) is 5. The van der Waals surface area contributed by atoms with Crippen LogP contribution in [-0.2, 0) is 16.4 Å². The van der Waals surface area contributed by atoms with Crippen molar-refractivity contribution < 1.29 is 13.2 Å². The molecule has 9 heteroatoms. The van der Waals surface area contributed by atoms with Crippen LogP contribution in [0.1, 0.15) is 28.8 Å². The van der Waals surface area contributed by atoms with Gasteiger partial charge in [-0.05, 0) is 56.5 Å². The SMILES string of the molecule is Cc1c(C(=O)N(Cl)CCS(C)(=O)=O)ccc2nn(CC3CCNCC3)cc12. The van der Waals surface area contributed by atoms with E-state index in [1.54, 1.807) is 6.07 Å². The molecule has 2 aromatic rings. The summed E-state index contributed by atoms with van der Waals surface area (Å²) in [7, 11) is -3.19. The standard InChI is InChI=1S/C18H25ClN4O3S/c1-13-15(18(24)23(19)9-10-27(2,25)26)3-4-17-16(13)12-22(21-17)11-14-5-7-20-8-6-14/h3-4,12,14,20H,5-11H2,1-2H3. The second kappa shape index (κ2) is 8.16. The number of rotatable bonds is 6. The van der Waals surface area contributed by atoms with E-state index in [9.17, 15) is 13.2 Å². The van der Waals surface area contributed by atoms with Gasteiger partial charge in [0.2, 0.25) is 0 Å². The molecule has 1 aliphatic heterocycles. The molecule has 1 aromatic carbocycles. The number of sulfone groups is 1. The van der Waals surface area contributed by atoms with E-state index in [0.29, 0.717) is 11.5 Å². The lowest BCUT2D eigenvalue weighted by molar-refractivity contribution is 0.0868. The average Bonchev–Trinajstić information content (AvgIpc) is 3.03. The molecule has 0 radical (unpaired) electrons. The van der Waals surface area contributed by atoms with Gasteiger partial charge in [0.15, 0.2) is 0 Å². The zero-order valence-corrected chi connectivity index (χ0v) is 17.2. The Hall–Kier alpha value is -1.64. The fourth-order valence-electron chi connectivity index (χ4n) is 3.41. The minimum atomic E-state index is -3.19. The van der Waals surface area contributed by atoms with Gasteiger partial charge in [-0.15, -0.1) is 0 Å². The molecule has 1 saturated heterocycles. The van der Waals surface area contributed by atoms with Crippen LogP contribution in [0, 0.1) is 12.8 Å². The Morgan fingerprint density at radius 2 is 2.07 bits per heavy atom. The number of fused-ring (bicyclic) bond motifs is 1. The van der Waals surface area contributed by atoms with Crippen molar-refractivity contribution in [3.8, 4) is 0 Å². The number of aromatic nitrogens is 2. The fraction of sp³-hybridized carbons (Fsp3) is 0.556. The largest absolute Gasteiger partial charge is 0.317 e. The number of aryl methyl sites for hydroxylation is 1. The molecule has 3 rings (SSSR count). The van der Waals surface area contributed by atoms with Gasteiger partial charge in [-0.2, -0.15) is 5.10 Å². The number of hydrogen-bond donors (Lipinski definition) is 1. The minimum Gasteiger partial charge on any atom is -0.317 e. The first-order chi connectivity index (χ1) is 12.7. The van der Waals surface area contributed by atoms with Gasteiger partial charge in [0, 0.05) is 41.7 Å². The molecule has 1 N–H and O–H groups in total. The quantitative estimate of drug-likeness (QED) is 0.733. The Kier molecular flexibility index (Phi) is 6.08. The van der Waals surface area contributed by atoms with Crippen molar-refractivity contribution in [2.45, 2.75) is 26.3 Å². The smallest absolute Gasteiger partial charge is 0.268 e. The van der Waals surface area contributed by atoms with Crippen molar-refractivity contribution >= 4 is 38.4 Å². The van der Waals surface area contributed by atoms with Gasteiger partial charge in [-0.3, -0.25) is 9.48 Å². The van der Waals surface area contributed by atoms with E-state index in [0.717, 1.165) is 59.6 Å².